The lowest BCUT2D eigenvalue weighted by Crippen LogP contribution is -2.03. The Morgan fingerprint density at radius 2 is 2.00 bits per heavy atom. The van der Waals surface area contributed by atoms with Gasteiger partial charge in [0.2, 0.25) is 0 Å². The maximum Gasteiger partial charge on any atom is 0.104 e. The van der Waals surface area contributed by atoms with Gasteiger partial charge in [-0.3, -0.25) is 0 Å². The van der Waals surface area contributed by atoms with E-state index >= 15 is 0 Å². The molecule has 1 aliphatic heterocycles. The molecule has 0 radical (unpaired) electrons. The van der Waals surface area contributed by atoms with Gasteiger partial charge in [0.1, 0.15) is 6.10 Å². The molecular formula is C13H26O3S3. The summed E-state index contributed by atoms with van der Waals surface area (Å²) < 4.78 is 11.2. The Kier molecular flexibility index (Phi) is 12.0. The van der Waals surface area contributed by atoms with Crippen molar-refractivity contribution in [1.29, 1.82) is 0 Å². The number of hydrogen-bond donors (Lipinski definition) is 1. The van der Waals surface area contributed by atoms with Crippen LogP contribution in [0.2, 0.25) is 0 Å². The van der Waals surface area contributed by atoms with Gasteiger partial charge in [0.25, 0.3) is 0 Å². The lowest BCUT2D eigenvalue weighted by molar-refractivity contribution is 0.117. The third-order valence-corrected chi connectivity index (χ3v) is 6.57. The first-order valence-electron chi connectivity index (χ1n) is 6.94. The van der Waals surface area contributed by atoms with E-state index < -0.39 is 0 Å². The minimum Gasteiger partial charge on any atom is -0.396 e. The fraction of sp³-hybridized carbons (Fsp3) is 1.00. The summed E-state index contributed by atoms with van der Waals surface area (Å²) in [4.78, 5) is 0. The number of rotatable bonds is 14. The molecule has 19 heavy (non-hydrogen) atoms. The van der Waals surface area contributed by atoms with Crippen molar-refractivity contribution in [3.8, 4) is 0 Å². The number of aliphatic hydroxyl groups is 1. The first-order chi connectivity index (χ1) is 9.33. The summed E-state index contributed by atoms with van der Waals surface area (Å²) in [5.74, 6) is 4.70. The lowest BCUT2D eigenvalue weighted by atomic mass is 10.5. The summed E-state index contributed by atoms with van der Waals surface area (Å²) >= 11 is 5.98. The second kappa shape index (κ2) is 12.7. The van der Waals surface area contributed by atoms with E-state index in [1.165, 1.54) is 17.3 Å². The van der Waals surface area contributed by atoms with Crippen LogP contribution >= 0.6 is 35.3 Å². The highest BCUT2D eigenvalue weighted by molar-refractivity contribution is 8.17. The number of ether oxygens (including phenoxy) is 2. The zero-order valence-corrected chi connectivity index (χ0v) is 14.2. The van der Waals surface area contributed by atoms with Crippen LogP contribution in [-0.4, -0.2) is 65.2 Å². The van der Waals surface area contributed by atoms with Crippen molar-refractivity contribution in [1.82, 2.24) is 0 Å². The molecule has 2 unspecified atom stereocenters. The second-order valence-electron chi connectivity index (χ2n) is 4.38. The van der Waals surface area contributed by atoms with Crippen LogP contribution < -0.4 is 0 Å². The van der Waals surface area contributed by atoms with Crippen LogP contribution in [0.15, 0.2) is 0 Å². The largest absolute Gasteiger partial charge is 0.396 e. The average Bonchev–Trinajstić information content (AvgIpc) is 3.21. The van der Waals surface area contributed by atoms with Crippen LogP contribution in [0, 0.1) is 0 Å². The Bertz CT molecular complexity index is 204. The zero-order chi connectivity index (χ0) is 13.8. The van der Waals surface area contributed by atoms with Crippen LogP contribution in [-0.2, 0) is 9.47 Å². The minimum absolute atomic E-state index is 0.315. The van der Waals surface area contributed by atoms with Crippen molar-refractivity contribution in [2.45, 2.75) is 30.5 Å². The molecule has 1 N–H and O–H groups in total. The molecule has 2 atom stereocenters. The van der Waals surface area contributed by atoms with Gasteiger partial charge in [-0.1, -0.05) is 0 Å². The summed E-state index contributed by atoms with van der Waals surface area (Å²) in [6.45, 7) is 5.11. The Morgan fingerprint density at radius 3 is 2.74 bits per heavy atom. The third-order valence-electron chi connectivity index (χ3n) is 2.52. The molecule has 0 aromatic carbocycles. The van der Waals surface area contributed by atoms with Crippen molar-refractivity contribution in [3.63, 3.8) is 0 Å². The van der Waals surface area contributed by atoms with Gasteiger partial charge in [-0.25, -0.2) is 0 Å². The number of thioether (sulfide) groups is 3. The Morgan fingerprint density at radius 1 is 1.21 bits per heavy atom. The summed E-state index contributed by atoms with van der Waals surface area (Å²) in [7, 11) is 0. The first-order valence-corrected chi connectivity index (χ1v) is 10.2. The Hall–Kier alpha value is 0.930. The maximum absolute atomic E-state index is 8.71. The van der Waals surface area contributed by atoms with Gasteiger partial charge in [-0.05, 0) is 31.3 Å². The van der Waals surface area contributed by atoms with Crippen LogP contribution in [0.4, 0.5) is 0 Å². The van der Waals surface area contributed by atoms with Gasteiger partial charge in [0.05, 0.1) is 13.2 Å². The van der Waals surface area contributed by atoms with Gasteiger partial charge in [-0.2, -0.15) is 11.8 Å². The van der Waals surface area contributed by atoms with E-state index in [4.69, 9.17) is 14.6 Å². The minimum atomic E-state index is 0.315. The van der Waals surface area contributed by atoms with E-state index in [1.807, 2.05) is 35.3 Å². The van der Waals surface area contributed by atoms with E-state index in [-0.39, 0.29) is 0 Å². The van der Waals surface area contributed by atoms with Crippen molar-refractivity contribution in [2.75, 3.05) is 49.4 Å². The van der Waals surface area contributed by atoms with E-state index in [2.05, 4.69) is 6.92 Å². The molecule has 0 aliphatic carbocycles. The molecule has 1 saturated heterocycles. The predicted molar refractivity (Wildman–Crippen MR) is 88.6 cm³/mol. The molecule has 3 nitrogen and oxygen atoms in total. The van der Waals surface area contributed by atoms with E-state index in [9.17, 15) is 0 Å². The molecular weight excluding hydrogens is 300 g/mol. The Balaban J connectivity index is 1.70. The van der Waals surface area contributed by atoms with Crippen molar-refractivity contribution >= 4 is 35.3 Å². The van der Waals surface area contributed by atoms with Gasteiger partial charge in [0.15, 0.2) is 0 Å². The number of epoxide rings is 1. The summed E-state index contributed by atoms with van der Waals surface area (Å²) in [6, 6.07) is 0. The number of hydrogen-bond acceptors (Lipinski definition) is 6. The summed E-state index contributed by atoms with van der Waals surface area (Å²) in [5.41, 5.74) is 0. The highest BCUT2D eigenvalue weighted by Gasteiger charge is 2.21. The molecule has 0 saturated carbocycles. The zero-order valence-electron chi connectivity index (χ0n) is 11.7. The SMILES string of the molecule is CC(SCCCO)SCCSCCCOCC1CO1. The average molecular weight is 327 g/mol. The van der Waals surface area contributed by atoms with E-state index in [0.29, 0.717) is 17.3 Å². The van der Waals surface area contributed by atoms with Gasteiger partial charge < -0.3 is 14.6 Å². The molecule has 1 aliphatic rings. The third kappa shape index (κ3) is 12.4. The monoisotopic (exact) mass is 326 g/mol. The highest BCUT2D eigenvalue weighted by atomic mass is 32.2. The van der Waals surface area contributed by atoms with Crippen LogP contribution in [0.25, 0.3) is 0 Å². The highest BCUT2D eigenvalue weighted by Crippen LogP contribution is 2.24. The standard InChI is InChI=1S/C13H26O3S3/c1-12(18-7-2-4-14)19-9-8-17-6-3-5-15-10-13-11-16-13/h12-14H,2-11H2,1H3. The van der Waals surface area contributed by atoms with Gasteiger partial charge >= 0.3 is 0 Å². The maximum atomic E-state index is 8.71. The van der Waals surface area contributed by atoms with Crippen LogP contribution in [0.5, 0.6) is 0 Å². The molecule has 0 aromatic heterocycles. The molecule has 0 bridgehead atoms. The smallest absolute Gasteiger partial charge is 0.104 e. The lowest BCUT2D eigenvalue weighted by Gasteiger charge is -2.10. The van der Waals surface area contributed by atoms with Crippen LogP contribution in [0.3, 0.4) is 0 Å². The molecule has 0 spiro atoms. The predicted octanol–water partition coefficient (Wildman–Crippen LogP) is 2.72. The molecule has 114 valence electrons. The van der Waals surface area contributed by atoms with E-state index in [0.717, 1.165) is 38.4 Å². The fourth-order valence-corrected chi connectivity index (χ4v) is 4.68. The molecule has 1 heterocycles. The Labute approximate surface area is 130 Å². The molecule has 0 amide bonds. The first kappa shape index (κ1) is 18.0. The molecule has 6 heteroatoms. The van der Waals surface area contributed by atoms with E-state index in [1.54, 1.807) is 0 Å². The van der Waals surface area contributed by atoms with Crippen molar-refractivity contribution in [3.05, 3.63) is 0 Å². The van der Waals surface area contributed by atoms with Crippen LogP contribution in [0.1, 0.15) is 19.8 Å². The van der Waals surface area contributed by atoms with Gasteiger partial charge in [0, 0.05) is 29.3 Å². The molecule has 0 aromatic rings. The fourth-order valence-electron chi connectivity index (χ4n) is 1.38. The van der Waals surface area contributed by atoms with Gasteiger partial charge in [-0.15, -0.1) is 23.5 Å². The normalized spacial score (nSPS) is 19.6. The van der Waals surface area contributed by atoms with Crippen molar-refractivity contribution in [2.24, 2.45) is 0 Å². The number of aliphatic hydroxyl groups excluding tert-OH is 1. The van der Waals surface area contributed by atoms with Crippen molar-refractivity contribution < 1.29 is 14.6 Å². The second-order valence-corrected chi connectivity index (χ2v) is 8.80. The molecule has 1 rings (SSSR count). The summed E-state index contributed by atoms with van der Waals surface area (Å²) in [6.07, 6.45) is 2.45. The summed E-state index contributed by atoms with van der Waals surface area (Å²) in [5, 5.41) is 8.71. The quantitative estimate of drug-likeness (QED) is 0.301. The molecule has 1 fully saturated rings. The topological polar surface area (TPSA) is 42.0 Å².